The zero-order chi connectivity index (χ0) is 17.1. The molecule has 126 valence electrons. The number of phenolic OH excluding ortho intramolecular Hbond substituents is 1. The van der Waals surface area contributed by atoms with Gasteiger partial charge in [0.15, 0.2) is 0 Å². The second-order valence-electron chi connectivity index (χ2n) is 6.69. The van der Waals surface area contributed by atoms with E-state index in [1.54, 1.807) is 6.07 Å². The molecule has 0 amide bonds. The molecule has 0 radical (unpaired) electrons. The molecule has 2 heteroatoms. The van der Waals surface area contributed by atoms with E-state index in [1.165, 1.54) is 29.5 Å². The van der Waals surface area contributed by atoms with Gasteiger partial charge in [0, 0.05) is 5.56 Å². The Hall–Kier alpha value is -2.58. The lowest BCUT2D eigenvalue weighted by Gasteiger charge is -2.29. The summed E-state index contributed by atoms with van der Waals surface area (Å²) in [6.07, 6.45) is 2.46. The van der Waals surface area contributed by atoms with Crippen molar-refractivity contribution in [3.05, 3.63) is 90.0 Å². The number of rotatable bonds is 4. The molecular weight excluding hydrogens is 306 g/mol. The van der Waals surface area contributed by atoms with Crippen molar-refractivity contribution in [1.29, 1.82) is 0 Å². The highest BCUT2D eigenvalue weighted by atomic mass is 16.3. The second kappa shape index (κ2) is 7.12. The Balaban J connectivity index is 1.71. The van der Waals surface area contributed by atoms with Crippen molar-refractivity contribution in [3.8, 4) is 16.9 Å². The largest absolute Gasteiger partial charge is 0.508 e. The first-order valence-corrected chi connectivity index (χ1v) is 9.00. The monoisotopic (exact) mass is 329 g/mol. The van der Waals surface area contributed by atoms with Crippen LogP contribution in [0.15, 0.2) is 78.9 Å². The van der Waals surface area contributed by atoms with E-state index in [4.69, 9.17) is 0 Å². The van der Waals surface area contributed by atoms with Gasteiger partial charge in [0.2, 0.25) is 0 Å². The topological polar surface area (TPSA) is 23.5 Å². The highest BCUT2D eigenvalue weighted by molar-refractivity contribution is 5.63. The summed E-state index contributed by atoms with van der Waals surface area (Å²) in [5.74, 6) is 0.381. The van der Waals surface area contributed by atoms with Crippen LogP contribution in [0, 0.1) is 0 Å². The summed E-state index contributed by atoms with van der Waals surface area (Å²) in [7, 11) is 0. The van der Waals surface area contributed by atoms with Crippen LogP contribution in [0.25, 0.3) is 11.1 Å². The van der Waals surface area contributed by atoms with Gasteiger partial charge in [-0.2, -0.15) is 0 Å². The van der Waals surface area contributed by atoms with E-state index in [0.717, 1.165) is 18.7 Å². The molecular formula is C23H23NO. The average molecular weight is 329 g/mol. The lowest BCUT2D eigenvalue weighted by atomic mass is 9.94. The van der Waals surface area contributed by atoms with E-state index in [9.17, 15) is 5.11 Å². The minimum atomic E-state index is 0.119. The summed E-state index contributed by atoms with van der Waals surface area (Å²) in [4.78, 5) is 2.48. The van der Waals surface area contributed by atoms with Gasteiger partial charge in [-0.3, -0.25) is 4.90 Å². The predicted octanol–water partition coefficient (Wildman–Crippen LogP) is 5.24. The molecule has 0 spiro atoms. The van der Waals surface area contributed by atoms with Crippen LogP contribution in [-0.4, -0.2) is 23.1 Å². The van der Waals surface area contributed by atoms with Gasteiger partial charge in [0.25, 0.3) is 0 Å². The molecule has 1 heterocycles. The zero-order valence-corrected chi connectivity index (χ0v) is 14.3. The van der Waals surface area contributed by atoms with E-state index < -0.39 is 0 Å². The van der Waals surface area contributed by atoms with E-state index in [0.29, 0.717) is 5.75 Å². The molecule has 25 heavy (non-hydrogen) atoms. The van der Waals surface area contributed by atoms with Gasteiger partial charge in [-0.05, 0) is 48.7 Å². The first kappa shape index (κ1) is 15.9. The summed E-state index contributed by atoms with van der Waals surface area (Å²) >= 11 is 0. The third-order valence-electron chi connectivity index (χ3n) is 5.07. The lowest BCUT2D eigenvalue weighted by Crippen LogP contribution is -2.26. The molecule has 0 aliphatic carbocycles. The molecule has 1 unspecified atom stereocenters. The van der Waals surface area contributed by atoms with Crippen molar-refractivity contribution < 1.29 is 5.11 Å². The Bertz CT molecular complexity index is 820. The first-order valence-electron chi connectivity index (χ1n) is 9.00. The summed E-state index contributed by atoms with van der Waals surface area (Å²) in [5.41, 5.74) is 4.69. The Morgan fingerprint density at radius 2 is 1.28 bits per heavy atom. The van der Waals surface area contributed by atoms with Crippen LogP contribution in [0.2, 0.25) is 0 Å². The number of para-hydroxylation sites is 1. The molecule has 1 aliphatic heterocycles. The molecule has 1 fully saturated rings. The number of hydrogen-bond donors (Lipinski definition) is 1. The SMILES string of the molecule is Oc1ccccc1C(c1ccc(-c2ccccc2)cc1)N1CCCC1. The minimum Gasteiger partial charge on any atom is -0.508 e. The van der Waals surface area contributed by atoms with Crippen molar-refractivity contribution in [3.63, 3.8) is 0 Å². The average Bonchev–Trinajstić information content (AvgIpc) is 3.19. The van der Waals surface area contributed by atoms with Gasteiger partial charge in [0.05, 0.1) is 6.04 Å². The molecule has 1 aliphatic rings. The fourth-order valence-corrected chi connectivity index (χ4v) is 3.79. The van der Waals surface area contributed by atoms with Crippen LogP contribution in [0.5, 0.6) is 5.75 Å². The number of likely N-dealkylation sites (tertiary alicyclic amines) is 1. The Kier molecular flexibility index (Phi) is 4.53. The van der Waals surface area contributed by atoms with Crippen molar-refractivity contribution in [2.45, 2.75) is 18.9 Å². The molecule has 1 saturated heterocycles. The third kappa shape index (κ3) is 3.31. The maximum Gasteiger partial charge on any atom is 0.120 e. The molecule has 1 atom stereocenters. The second-order valence-corrected chi connectivity index (χ2v) is 6.69. The van der Waals surface area contributed by atoms with Crippen LogP contribution < -0.4 is 0 Å². The van der Waals surface area contributed by atoms with E-state index in [-0.39, 0.29) is 6.04 Å². The fraction of sp³-hybridized carbons (Fsp3) is 0.217. The first-order chi connectivity index (χ1) is 12.3. The molecule has 2 nitrogen and oxygen atoms in total. The maximum absolute atomic E-state index is 10.4. The number of hydrogen-bond acceptors (Lipinski definition) is 2. The highest BCUT2D eigenvalue weighted by Crippen LogP contribution is 2.36. The number of phenols is 1. The van der Waals surface area contributed by atoms with Crippen molar-refractivity contribution >= 4 is 0 Å². The molecule has 0 saturated carbocycles. The fourth-order valence-electron chi connectivity index (χ4n) is 3.79. The number of nitrogens with zero attached hydrogens (tertiary/aromatic N) is 1. The quantitative estimate of drug-likeness (QED) is 0.707. The smallest absolute Gasteiger partial charge is 0.120 e. The minimum absolute atomic E-state index is 0.119. The standard InChI is InChI=1S/C23H23NO/c25-22-11-5-4-10-21(22)23(24-16-6-7-17-24)20-14-12-19(13-15-20)18-8-2-1-3-9-18/h1-5,8-15,23,25H,6-7,16-17H2. The van der Waals surface area contributed by atoms with Crippen molar-refractivity contribution in [2.24, 2.45) is 0 Å². The number of aromatic hydroxyl groups is 1. The van der Waals surface area contributed by atoms with Crippen LogP contribution in [0.1, 0.15) is 30.0 Å². The van der Waals surface area contributed by atoms with Crippen molar-refractivity contribution in [2.75, 3.05) is 13.1 Å². The third-order valence-corrected chi connectivity index (χ3v) is 5.07. The normalized spacial score (nSPS) is 16.0. The maximum atomic E-state index is 10.4. The zero-order valence-electron chi connectivity index (χ0n) is 14.3. The van der Waals surface area contributed by atoms with E-state index >= 15 is 0 Å². The molecule has 4 rings (SSSR count). The van der Waals surface area contributed by atoms with Gasteiger partial charge >= 0.3 is 0 Å². The van der Waals surface area contributed by atoms with E-state index in [2.05, 4.69) is 53.4 Å². The highest BCUT2D eigenvalue weighted by Gasteiger charge is 2.26. The van der Waals surface area contributed by atoms with Gasteiger partial charge < -0.3 is 5.11 Å². The molecule has 1 N–H and O–H groups in total. The van der Waals surface area contributed by atoms with E-state index in [1.807, 2.05) is 24.3 Å². The molecule has 3 aromatic carbocycles. The van der Waals surface area contributed by atoms with Crippen LogP contribution >= 0.6 is 0 Å². The van der Waals surface area contributed by atoms with Crippen LogP contribution in [-0.2, 0) is 0 Å². The lowest BCUT2D eigenvalue weighted by molar-refractivity contribution is 0.275. The Labute approximate surface area is 149 Å². The summed E-state index contributed by atoms with van der Waals surface area (Å²) in [5, 5.41) is 10.4. The Morgan fingerprint density at radius 1 is 0.680 bits per heavy atom. The van der Waals surface area contributed by atoms with Gasteiger partial charge in [-0.1, -0.05) is 72.8 Å². The summed E-state index contributed by atoms with van der Waals surface area (Å²) in [6, 6.07) is 27.1. The number of benzene rings is 3. The van der Waals surface area contributed by atoms with Gasteiger partial charge in [0.1, 0.15) is 5.75 Å². The summed E-state index contributed by atoms with van der Waals surface area (Å²) in [6.45, 7) is 2.17. The van der Waals surface area contributed by atoms with Crippen molar-refractivity contribution in [1.82, 2.24) is 4.90 Å². The Morgan fingerprint density at radius 3 is 1.96 bits per heavy atom. The van der Waals surface area contributed by atoms with Gasteiger partial charge in [-0.25, -0.2) is 0 Å². The van der Waals surface area contributed by atoms with Gasteiger partial charge in [-0.15, -0.1) is 0 Å². The van der Waals surface area contributed by atoms with Crippen LogP contribution in [0.4, 0.5) is 0 Å². The predicted molar refractivity (Wildman–Crippen MR) is 103 cm³/mol. The molecule has 3 aromatic rings. The van der Waals surface area contributed by atoms with Crippen LogP contribution in [0.3, 0.4) is 0 Å². The molecule has 0 aromatic heterocycles. The summed E-state index contributed by atoms with van der Waals surface area (Å²) < 4.78 is 0. The molecule has 0 bridgehead atoms.